The molecule has 0 radical (unpaired) electrons. The molecule has 2 heterocycles. The molecule has 1 amide bonds. The fourth-order valence-corrected chi connectivity index (χ4v) is 7.01. The van der Waals surface area contributed by atoms with Gasteiger partial charge < -0.3 is 24.8 Å². The number of ether oxygens (including phenoxy) is 1. The molecular formula is C28H30Cl2N4O4S. The van der Waals surface area contributed by atoms with Crippen LogP contribution in [-0.4, -0.2) is 78.2 Å². The van der Waals surface area contributed by atoms with Crippen LogP contribution < -0.4 is 19.9 Å². The van der Waals surface area contributed by atoms with Crippen molar-refractivity contribution in [1.29, 1.82) is 0 Å². The first-order valence-electron chi connectivity index (χ1n) is 12.7. The quantitative estimate of drug-likeness (QED) is 0.466. The van der Waals surface area contributed by atoms with Crippen molar-refractivity contribution >= 4 is 50.3 Å². The highest BCUT2D eigenvalue weighted by Crippen LogP contribution is 2.33. The van der Waals surface area contributed by atoms with Gasteiger partial charge in [0.25, 0.3) is 0 Å². The summed E-state index contributed by atoms with van der Waals surface area (Å²) in [6.07, 6.45) is 0. The monoisotopic (exact) mass is 588 g/mol. The van der Waals surface area contributed by atoms with Gasteiger partial charge in [-0.15, -0.1) is 0 Å². The molecule has 2 fully saturated rings. The summed E-state index contributed by atoms with van der Waals surface area (Å²) in [6.45, 7) is 3.90. The summed E-state index contributed by atoms with van der Waals surface area (Å²) in [5.74, 6) is 0.476. The van der Waals surface area contributed by atoms with Gasteiger partial charge in [-0.3, -0.25) is 4.79 Å². The van der Waals surface area contributed by atoms with E-state index in [0.717, 1.165) is 5.69 Å². The zero-order chi connectivity index (χ0) is 27.6. The number of carbonyl (C=O) groups is 1. The number of hydrogen-bond acceptors (Lipinski definition) is 7. The van der Waals surface area contributed by atoms with Crippen molar-refractivity contribution in [2.75, 3.05) is 62.7 Å². The van der Waals surface area contributed by atoms with E-state index in [-0.39, 0.29) is 15.7 Å². The average molecular weight is 590 g/mol. The van der Waals surface area contributed by atoms with Gasteiger partial charge in [-0.1, -0.05) is 41.4 Å². The highest BCUT2D eigenvalue weighted by molar-refractivity contribution is 7.91. The Hall–Kier alpha value is -2.98. The van der Waals surface area contributed by atoms with E-state index in [4.69, 9.17) is 27.9 Å². The van der Waals surface area contributed by atoms with Gasteiger partial charge in [-0.25, -0.2) is 8.42 Å². The van der Waals surface area contributed by atoms with Crippen LogP contribution in [0.1, 0.15) is 0 Å². The van der Waals surface area contributed by atoms with Gasteiger partial charge in [0.2, 0.25) is 15.7 Å². The number of amides is 1. The molecule has 0 saturated carbocycles. The van der Waals surface area contributed by atoms with Crippen molar-refractivity contribution in [2.45, 2.75) is 15.8 Å². The minimum absolute atomic E-state index is 0.00433. The molecule has 3 aromatic carbocycles. The summed E-state index contributed by atoms with van der Waals surface area (Å²) in [7, 11) is -2.31. The first-order chi connectivity index (χ1) is 18.8. The molecule has 8 nitrogen and oxygen atoms in total. The minimum Gasteiger partial charge on any atom is -0.497 e. The van der Waals surface area contributed by atoms with Crippen LogP contribution in [0.25, 0.3) is 0 Å². The predicted octanol–water partition coefficient (Wildman–Crippen LogP) is 3.96. The average Bonchev–Trinajstić information content (AvgIpc) is 2.98. The molecular weight excluding hydrogens is 559 g/mol. The van der Waals surface area contributed by atoms with E-state index in [1.54, 1.807) is 48.5 Å². The molecule has 1 N–H and O–H groups in total. The number of carbonyl (C=O) groups excluding carboxylic acids is 1. The second-order valence-electron chi connectivity index (χ2n) is 9.51. The summed E-state index contributed by atoms with van der Waals surface area (Å²) in [5, 5.41) is 4.58. The Balaban J connectivity index is 1.30. The largest absolute Gasteiger partial charge is 0.497 e. The molecule has 0 aromatic heterocycles. The normalized spacial score (nSPS) is 18.2. The minimum atomic E-state index is -3.81. The third kappa shape index (κ3) is 5.82. The van der Waals surface area contributed by atoms with Crippen molar-refractivity contribution < 1.29 is 17.9 Å². The molecule has 0 aliphatic carbocycles. The lowest BCUT2D eigenvalue weighted by Crippen LogP contribution is -2.60. The first kappa shape index (κ1) is 27.6. The predicted molar refractivity (Wildman–Crippen MR) is 154 cm³/mol. The lowest BCUT2D eigenvalue weighted by atomic mass is 10.1. The van der Waals surface area contributed by atoms with E-state index in [1.807, 2.05) is 21.9 Å². The van der Waals surface area contributed by atoms with Crippen molar-refractivity contribution in [3.05, 3.63) is 76.8 Å². The molecule has 5 rings (SSSR count). The number of rotatable bonds is 6. The summed E-state index contributed by atoms with van der Waals surface area (Å²) in [6, 6.07) is 18.3. The number of methoxy groups -OCH3 is 1. The fourth-order valence-electron chi connectivity index (χ4n) is 5.09. The molecule has 2 saturated heterocycles. The zero-order valence-corrected chi connectivity index (χ0v) is 23.8. The summed E-state index contributed by atoms with van der Waals surface area (Å²) >= 11 is 12.5. The van der Waals surface area contributed by atoms with Crippen molar-refractivity contribution in [3.63, 3.8) is 0 Å². The van der Waals surface area contributed by atoms with Crippen LogP contribution >= 0.6 is 23.2 Å². The van der Waals surface area contributed by atoms with Gasteiger partial charge in [0.1, 0.15) is 11.8 Å². The molecule has 11 heteroatoms. The second-order valence-corrected chi connectivity index (χ2v) is 12.3. The third-order valence-electron chi connectivity index (χ3n) is 7.16. The summed E-state index contributed by atoms with van der Waals surface area (Å²) in [5.41, 5.74) is 1.45. The van der Waals surface area contributed by atoms with Gasteiger partial charge in [0, 0.05) is 50.8 Å². The van der Waals surface area contributed by atoms with Gasteiger partial charge in [-0.05, 0) is 48.5 Å². The lowest BCUT2D eigenvalue weighted by molar-refractivity contribution is -0.133. The molecule has 206 valence electrons. The summed E-state index contributed by atoms with van der Waals surface area (Å²) in [4.78, 5) is 19.8. The van der Waals surface area contributed by atoms with Crippen LogP contribution in [0.5, 0.6) is 5.75 Å². The Bertz CT molecular complexity index is 1460. The Morgan fingerprint density at radius 1 is 0.897 bits per heavy atom. The fraction of sp³-hybridized carbons (Fsp3) is 0.321. The number of para-hydroxylation sites is 1. The zero-order valence-electron chi connectivity index (χ0n) is 21.5. The van der Waals surface area contributed by atoms with Gasteiger partial charge in [-0.2, -0.15) is 0 Å². The maximum Gasteiger partial charge on any atom is 0.241 e. The van der Waals surface area contributed by atoms with E-state index in [9.17, 15) is 13.2 Å². The highest BCUT2D eigenvalue weighted by atomic mass is 35.5. The van der Waals surface area contributed by atoms with Crippen LogP contribution in [0.3, 0.4) is 0 Å². The Morgan fingerprint density at radius 3 is 2.44 bits per heavy atom. The van der Waals surface area contributed by atoms with Crippen LogP contribution in [0.4, 0.5) is 11.4 Å². The summed E-state index contributed by atoms with van der Waals surface area (Å²) < 4.78 is 32.5. The molecule has 39 heavy (non-hydrogen) atoms. The maximum atomic E-state index is 13.6. The Morgan fingerprint density at radius 2 is 1.67 bits per heavy atom. The topological polar surface area (TPSA) is 82.2 Å². The molecule has 2 aliphatic rings. The molecule has 1 atom stereocenters. The van der Waals surface area contributed by atoms with E-state index in [0.29, 0.717) is 67.3 Å². The van der Waals surface area contributed by atoms with Crippen LogP contribution in [0, 0.1) is 0 Å². The number of piperazine rings is 2. The number of benzene rings is 3. The van der Waals surface area contributed by atoms with Gasteiger partial charge in [0.15, 0.2) is 0 Å². The molecule has 0 bridgehead atoms. The van der Waals surface area contributed by atoms with E-state index < -0.39 is 15.9 Å². The van der Waals surface area contributed by atoms with E-state index >= 15 is 0 Å². The SMILES string of the molecule is COc1cccc(S(=O)(=O)c2ccccc2N2CCNC(C(=O)N3CCN(c4cc(Cl)ccc4Cl)CC3)C2)c1. The van der Waals surface area contributed by atoms with Crippen molar-refractivity contribution in [2.24, 2.45) is 0 Å². The van der Waals surface area contributed by atoms with Crippen LogP contribution in [0.2, 0.25) is 10.0 Å². The highest BCUT2D eigenvalue weighted by Gasteiger charge is 2.33. The molecule has 3 aromatic rings. The van der Waals surface area contributed by atoms with Crippen LogP contribution in [0.15, 0.2) is 76.5 Å². The third-order valence-corrected chi connectivity index (χ3v) is 9.51. The smallest absolute Gasteiger partial charge is 0.241 e. The Labute approximate surface area is 239 Å². The number of nitrogens with one attached hydrogen (secondary N) is 1. The number of nitrogens with zero attached hydrogens (tertiary/aromatic N) is 3. The van der Waals surface area contributed by atoms with Crippen molar-refractivity contribution in [1.82, 2.24) is 10.2 Å². The van der Waals surface area contributed by atoms with Crippen LogP contribution in [-0.2, 0) is 14.6 Å². The number of sulfone groups is 1. The van der Waals surface area contributed by atoms with Gasteiger partial charge in [0.05, 0.1) is 33.3 Å². The molecule has 1 unspecified atom stereocenters. The number of halogens is 2. The molecule has 2 aliphatic heterocycles. The first-order valence-corrected chi connectivity index (χ1v) is 15.0. The second kappa shape index (κ2) is 11.6. The standard InChI is InChI=1S/C28H30Cl2N4O4S/c1-38-21-5-4-6-22(18-21)39(36,37)27-8-3-2-7-25(27)34-12-11-31-24(19-34)28(35)33-15-13-32(14-16-33)26-17-20(29)9-10-23(26)30/h2-10,17-18,24,31H,11-16,19H2,1H3. The van der Waals surface area contributed by atoms with E-state index in [2.05, 4.69) is 10.2 Å². The number of hydrogen-bond donors (Lipinski definition) is 1. The Kier molecular flexibility index (Phi) is 8.23. The number of anilines is 2. The van der Waals surface area contributed by atoms with Crippen molar-refractivity contribution in [3.8, 4) is 5.75 Å². The maximum absolute atomic E-state index is 13.6. The molecule has 0 spiro atoms. The van der Waals surface area contributed by atoms with E-state index in [1.165, 1.54) is 13.2 Å². The lowest BCUT2D eigenvalue weighted by Gasteiger charge is -2.41. The van der Waals surface area contributed by atoms with Gasteiger partial charge >= 0.3 is 0 Å².